The SMILES string of the molecule is CCCc1ccc2c(c1-c1ccccc1C(C)C)C=C(CC(C)C)[CH]2[Zr]([Cl])([Cl])([c]1cccc2c1[SiH2]c1ccccc1-2)[CH]1C(CC(C)C)=Cc2c1ccc(CCC)c2-c1ccccc1C(C)C. The van der Waals surface area contributed by atoms with Crippen molar-refractivity contribution in [3.8, 4) is 33.4 Å². The first-order chi connectivity index (χ1) is 31.7. The molecule has 1 aliphatic heterocycles. The minimum atomic E-state index is -5.79. The Labute approximate surface area is 408 Å². The number of allylic oxidation sites excluding steroid dienone is 2. The molecular formula is C62H71Cl2SiZr. The van der Waals surface area contributed by atoms with Crippen molar-refractivity contribution < 1.29 is 16.4 Å². The molecule has 0 nitrogen and oxygen atoms in total. The normalized spacial score (nSPS) is 17.3. The summed E-state index contributed by atoms with van der Waals surface area (Å²) in [6.07, 6.45) is 11.4. The van der Waals surface area contributed by atoms with Crippen LogP contribution in [0.5, 0.6) is 0 Å². The Morgan fingerprint density at radius 1 is 0.500 bits per heavy atom. The Morgan fingerprint density at radius 2 is 0.939 bits per heavy atom. The van der Waals surface area contributed by atoms with Crippen molar-refractivity contribution in [3.63, 3.8) is 0 Å². The molecule has 2 atom stereocenters. The number of hydrogen-bond donors (Lipinski definition) is 0. The molecule has 3 aliphatic rings. The van der Waals surface area contributed by atoms with Gasteiger partial charge in [0.25, 0.3) is 0 Å². The van der Waals surface area contributed by atoms with Crippen molar-refractivity contribution in [2.45, 2.75) is 127 Å². The van der Waals surface area contributed by atoms with Gasteiger partial charge in [-0.15, -0.1) is 0 Å². The number of halogens is 2. The number of benzene rings is 6. The Balaban J connectivity index is 1.42. The summed E-state index contributed by atoms with van der Waals surface area (Å²) in [5.41, 5.74) is 22.2. The second-order valence-electron chi connectivity index (χ2n) is 21.5. The molecule has 341 valence electrons. The second-order valence-corrected chi connectivity index (χ2v) is 43.9. The molecule has 2 unspecified atom stereocenters. The van der Waals surface area contributed by atoms with Gasteiger partial charge in [-0.3, -0.25) is 0 Å². The van der Waals surface area contributed by atoms with Gasteiger partial charge in [-0.25, -0.2) is 0 Å². The quantitative estimate of drug-likeness (QED) is 0.0898. The van der Waals surface area contributed by atoms with Crippen LogP contribution < -0.4 is 13.6 Å². The molecule has 0 saturated heterocycles. The van der Waals surface area contributed by atoms with Gasteiger partial charge >= 0.3 is 412 Å². The summed E-state index contributed by atoms with van der Waals surface area (Å²) >= 11 is -5.79. The van der Waals surface area contributed by atoms with Crippen LogP contribution in [0.1, 0.15) is 159 Å². The van der Waals surface area contributed by atoms with E-state index in [1.807, 2.05) is 0 Å². The summed E-state index contributed by atoms with van der Waals surface area (Å²) in [7, 11) is 18.4. The zero-order chi connectivity index (χ0) is 46.7. The third-order valence-electron chi connectivity index (χ3n) is 15.2. The van der Waals surface area contributed by atoms with E-state index >= 15 is 0 Å². The van der Waals surface area contributed by atoms with Gasteiger partial charge in [-0.2, -0.15) is 0 Å². The molecule has 0 fully saturated rings. The van der Waals surface area contributed by atoms with Crippen LogP contribution in [0.25, 0.3) is 45.5 Å². The van der Waals surface area contributed by atoms with E-state index in [-0.39, 0.29) is 7.25 Å². The number of aryl methyl sites for hydroxylation is 2. The number of rotatable bonds is 15. The Bertz CT molecular complexity index is 2750. The van der Waals surface area contributed by atoms with Gasteiger partial charge < -0.3 is 0 Å². The molecule has 0 saturated carbocycles. The molecular weight excluding hydrogens is 935 g/mol. The maximum atomic E-state index is 9.65. The summed E-state index contributed by atoms with van der Waals surface area (Å²) in [6.45, 7) is 23.6. The minimum absolute atomic E-state index is 0.106. The average Bonchev–Trinajstić information content (AvgIpc) is 3.98. The van der Waals surface area contributed by atoms with Gasteiger partial charge in [0.2, 0.25) is 0 Å². The molecule has 0 N–H and O–H groups in total. The third kappa shape index (κ3) is 8.01. The van der Waals surface area contributed by atoms with E-state index in [0.29, 0.717) is 23.7 Å². The Hall–Kier alpha value is -3.52. The van der Waals surface area contributed by atoms with Gasteiger partial charge in [-0.1, -0.05) is 0 Å². The summed E-state index contributed by atoms with van der Waals surface area (Å²) in [4.78, 5) is 0. The van der Waals surface area contributed by atoms with E-state index in [9.17, 15) is 17.0 Å². The summed E-state index contributed by atoms with van der Waals surface area (Å²) < 4.78 is 1.11. The van der Waals surface area contributed by atoms with E-state index in [0.717, 1.165) is 38.5 Å². The predicted molar refractivity (Wildman–Crippen MR) is 291 cm³/mol. The van der Waals surface area contributed by atoms with E-state index in [1.165, 1.54) is 103 Å². The van der Waals surface area contributed by atoms with Crippen molar-refractivity contribution in [2.75, 3.05) is 0 Å². The molecule has 0 spiro atoms. The maximum absolute atomic E-state index is 9.65. The van der Waals surface area contributed by atoms with E-state index in [1.54, 1.807) is 0 Å². The first-order valence-corrected chi connectivity index (χ1v) is 37.2. The van der Waals surface area contributed by atoms with E-state index in [2.05, 4.69) is 197 Å². The van der Waals surface area contributed by atoms with Crippen LogP contribution in [0.4, 0.5) is 0 Å². The van der Waals surface area contributed by atoms with E-state index in [4.69, 9.17) is 0 Å². The first-order valence-electron chi connectivity index (χ1n) is 25.4. The molecule has 6 aromatic carbocycles. The Morgan fingerprint density at radius 3 is 1.39 bits per heavy atom. The Kier molecular flexibility index (Phi) is 13.5. The van der Waals surface area contributed by atoms with Crippen LogP contribution in [0.2, 0.25) is 0 Å². The van der Waals surface area contributed by atoms with Crippen LogP contribution in [0.15, 0.2) is 126 Å². The van der Waals surface area contributed by atoms with Gasteiger partial charge in [0.05, 0.1) is 0 Å². The van der Waals surface area contributed by atoms with Crippen LogP contribution in [-0.4, -0.2) is 9.52 Å². The molecule has 0 amide bonds. The van der Waals surface area contributed by atoms with Crippen molar-refractivity contribution in [2.24, 2.45) is 11.8 Å². The zero-order valence-electron chi connectivity index (χ0n) is 41.3. The molecule has 4 heteroatoms. The van der Waals surface area contributed by atoms with Crippen molar-refractivity contribution in [1.82, 2.24) is 0 Å². The van der Waals surface area contributed by atoms with Gasteiger partial charge in [0.15, 0.2) is 0 Å². The van der Waals surface area contributed by atoms with Gasteiger partial charge in [0, 0.05) is 0 Å². The van der Waals surface area contributed by atoms with Gasteiger partial charge in [-0.05, 0) is 0 Å². The van der Waals surface area contributed by atoms with Crippen LogP contribution in [-0.2, 0) is 29.2 Å². The van der Waals surface area contributed by atoms with Crippen molar-refractivity contribution >= 4 is 52.3 Å². The second kappa shape index (κ2) is 18.8. The third-order valence-corrected chi connectivity index (χ3v) is 38.0. The van der Waals surface area contributed by atoms with Crippen LogP contribution >= 0.6 is 17.0 Å². The van der Waals surface area contributed by atoms with Crippen molar-refractivity contribution in [3.05, 3.63) is 171 Å². The first kappa shape index (κ1) is 47.5. The number of fused-ring (bicyclic) bond motifs is 5. The molecule has 0 aromatic heterocycles. The monoisotopic (exact) mass is 1000 g/mol. The summed E-state index contributed by atoms with van der Waals surface area (Å²) in [5.74, 6) is 1.63. The molecule has 6 aromatic rings. The molecule has 9 rings (SSSR count). The van der Waals surface area contributed by atoms with Crippen molar-refractivity contribution in [1.29, 1.82) is 0 Å². The van der Waals surface area contributed by atoms with Crippen LogP contribution in [0, 0.1) is 11.8 Å². The fourth-order valence-electron chi connectivity index (χ4n) is 12.8. The summed E-state index contributed by atoms with van der Waals surface area (Å²) in [6, 6.07) is 44.6. The average molecular weight is 1010 g/mol. The van der Waals surface area contributed by atoms with Gasteiger partial charge in [0.1, 0.15) is 0 Å². The molecule has 0 bridgehead atoms. The van der Waals surface area contributed by atoms with Crippen LogP contribution in [0.3, 0.4) is 0 Å². The number of hydrogen-bond acceptors (Lipinski definition) is 0. The van der Waals surface area contributed by atoms with E-state index < -0.39 is 25.9 Å². The standard InChI is InChI=1S/2C25H31.C12H9Si.2ClH.Zr/c2*1-6-9-20-12-13-21-15-19(14-17(2)3)16-24(21)25(20)23-11-8-7-10-22(23)18(4)5;1-3-7-11-9(5-1)10-6-2-4-8-12(10)13-11;;;/h2*7-8,10-13,15-18H,6,9,14H2,1-5H3;1-7H,13H2;2*1H;/q;;;;;+2/p-2. The molecule has 66 heavy (non-hydrogen) atoms. The summed E-state index contributed by atoms with van der Waals surface area (Å²) in [5, 5.41) is 3.00. The topological polar surface area (TPSA) is 0 Å². The fourth-order valence-corrected chi connectivity index (χ4v) is 40.6. The fraction of sp³-hybridized carbons (Fsp3) is 0.355. The zero-order valence-corrected chi connectivity index (χ0v) is 46.7. The molecule has 2 aliphatic carbocycles. The predicted octanol–water partition coefficient (Wildman–Crippen LogP) is 16.3. The molecule has 1 heterocycles. The molecule has 0 radical (unpaired) electrons.